The van der Waals surface area contributed by atoms with Crippen molar-refractivity contribution in [2.24, 2.45) is 11.5 Å². The van der Waals surface area contributed by atoms with Crippen molar-refractivity contribution < 1.29 is 4.79 Å². The molecule has 4 N–H and O–H groups in total. The van der Waals surface area contributed by atoms with Crippen LogP contribution in [0.2, 0.25) is 0 Å². The number of hydrogen-bond acceptors (Lipinski definition) is 5. The van der Waals surface area contributed by atoms with Gasteiger partial charge >= 0.3 is 0 Å². The Balaban J connectivity index is 1.46. The highest BCUT2D eigenvalue weighted by Gasteiger charge is 2.66. The first kappa shape index (κ1) is 17.0. The topological polar surface area (TPSA) is 75.6 Å². The van der Waals surface area contributed by atoms with Crippen LogP contribution in [-0.2, 0) is 4.79 Å². The van der Waals surface area contributed by atoms with E-state index in [1.54, 1.807) is 0 Å². The fourth-order valence-electron chi connectivity index (χ4n) is 4.93. The second-order valence-corrected chi connectivity index (χ2v) is 9.67. The molecular weight excluding hydrogens is 300 g/mol. The summed E-state index contributed by atoms with van der Waals surface area (Å²) < 4.78 is 0. The van der Waals surface area contributed by atoms with E-state index in [1.807, 2.05) is 0 Å². The van der Waals surface area contributed by atoms with Crippen molar-refractivity contribution in [1.82, 2.24) is 9.80 Å². The Morgan fingerprint density at radius 3 is 1.21 bits per heavy atom. The molecule has 0 aromatic carbocycles. The van der Waals surface area contributed by atoms with Crippen LogP contribution in [0.4, 0.5) is 0 Å². The van der Waals surface area contributed by atoms with Crippen molar-refractivity contribution in [3.05, 3.63) is 0 Å². The number of Topliss-reactive ketones (excluding diaryl/α,β-unsaturated/α-hetero) is 1. The maximum Gasteiger partial charge on any atom is 0.173 e. The predicted molar refractivity (Wildman–Crippen MR) is 95.7 cm³/mol. The van der Waals surface area contributed by atoms with Crippen LogP contribution in [0.25, 0.3) is 0 Å². The zero-order chi connectivity index (χ0) is 17.2. The Morgan fingerprint density at radius 2 is 0.958 bits per heavy atom. The lowest BCUT2D eigenvalue weighted by molar-refractivity contribution is -0.134. The number of carbonyl (C=O) groups excluding carboxylic acids is 1. The van der Waals surface area contributed by atoms with Gasteiger partial charge in [-0.15, -0.1) is 0 Å². The molecule has 2 aliphatic heterocycles. The molecule has 0 bridgehead atoms. The molecule has 2 aliphatic carbocycles. The molecule has 2 saturated heterocycles. The molecule has 4 fully saturated rings. The molecule has 0 radical (unpaired) electrons. The van der Waals surface area contributed by atoms with E-state index in [0.717, 1.165) is 77.5 Å². The van der Waals surface area contributed by atoms with E-state index in [2.05, 4.69) is 23.6 Å². The van der Waals surface area contributed by atoms with Crippen molar-refractivity contribution in [3.8, 4) is 0 Å². The van der Waals surface area contributed by atoms with Gasteiger partial charge < -0.3 is 11.5 Å². The number of nitrogens with two attached hydrogens (primary N) is 2. The number of hydrogen-bond donors (Lipinski definition) is 2. The Labute approximate surface area is 146 Å². The van der Waals surface area contributed by atoms with E-state index in [-0.39, 0.29) is 22.2 Å². The second-order valence-electron chi connectivity index (χ2n) is 9.67. The van der Waals surface area contributed by atoms with Crippen molar-refractivity contribution in [2.45, 2.75) is 87.4 Å². The number of likely N-dealkylation sites (tertiary alicyclic amines) is 2. The maximum absolute atomic E-state index is 13.6. The highest BCUT2D eigenvalue weighted by Crippen LogP contribution is 2.54. The minimum Gasteiger partial charge on any atom is -0.325 e. The lowest BCUT2D eigenvalue weighted by Gasteiger charge is -2.45. The molecule has 0 atom stereocenters. The van der Waals surface area contributed by atoms with E-state index in [4.69, 9.17) is 11.5 Å². The minimum atomic E-state index is -0.156. The van der Waals surface area contributed by atoms with Gasteiger partial charge in [-0.2, -0.15) is 0 Å². The van der Waals surface area contributed by atoms with Crippen LogP contribution >= 0.6 is 0 Å². The van der Waals surface area contributed by atoms with Crippen LogP contribution in [0.1, 0.15) is 65.2 Å². The predicted octanol–water partition coefficient (Wildman–Crippen LogP) is 1.25. The third kappa shape index (κ3) is 2.74. The second kappa shape index (κ2) is 5.26. The van der Waals surface area contributed by atoms with Gasteiger partial charge in [0.1, 0.15) is 0 Å². The van der Waals surface area contributed by atoms with Gasteiger partial charge in [0, 0.05) is 37.3 Å². The summed E-state index contributed by atoms with van der Waals surface area (Å²) in [7, 11) is 0. The molecule has 24 heavy (non-hydrogen) atoms. The van der Waals surface area contributed by atoms with Crippen molar-refractivity contribution in [1.29, 1.82) is 0 Å². The molecule has 0 aromatic rings. The normalized spacial score (nSPS) is 33.8. The zero-order valence-corrected chi connectivity index (χ0v) is 15.4. The largest absolute Gasteiger partial charge is 0.325 e. The Bertz CT molecular complexity index is 467. The number of rotatable bonds is 4. The van der Waals surface area contributed by atoms with Gasteiger partial charge in [-0.05, 0) is 65.2 Å². The molecule has 0 aromatic heterocycles. The summed E-state index contributed by atoms with van der Waals surface area (Å²) >= 11 is 0. The van der Waals surface area contributed by atoms with Crippen molar-refractivity contribution in [2.75, 3.05) is 26.2 Å². The fourth-order valence-corrected chi connectivity index (χ4v) is 4.93. The van der Waals surface area contributed by atoms with Crippen molar-refractivity contribution in [3.63, 3.8) is 0 Å². The Hall–Kier alpha value is -0.490. The van der Waals surface area contributed by atoms with Crippen molar-refractivity contribution >= 4 is 5.78 Å². The molecule has 0 unspecified atom stereocenters. The molecule has 5 heteroatoms. The molecule has 4 rings (SSSR count). The van der Waals surface area contributed by atoms with E-state index < -0.39 is 0 Å². The number of nitrogens with zero attached hydrogens (tertiary/aromatic N) is 2. The third-order valence-electron chi connectivity index (χ3n) is 7.31. The highest BCUT2D eigenvalue weighted by atomic mass is 16.1. The summed E-state index contributed by atoms with van der Waals surface area (Å²) in [6, 6.07) is 0. The number of piperidine rings is 2. The summed E-state index contributed by atoms with van der Waals surface area (Å²) in [5.74, 6) is 0.524. The Kier molecular flexibility index (Phi) is 3.71. The van der Waals surface area contributed by atoms with E-state index in [0.29, 0.717) is 5.78 Å². The Morgan fingerprint density at radius 1 is 0.667 bits per heavy atom. The summed E-state index contributed by atoms with van der Waals surface area (Å²) in [6.45, 7) is 8.22. The first-order chi connectivity index (χ1) is 11.2. The van der Waals surface area contributed by atoms with Crippen LogP contribution in [0.15, 0.2) is 0 Å². The monoisotopic (exact) mass is 334 g/mol. The maximum atomic E-state index is 13.6. The van der Waals surface area contributed by atoms with Gasteiger partial charge in [-0.1, -0.05) is 0 Å². The number of ketones is 1. The quantitative estimate of drug-likeness (QED) is 0.809. The molecule has 0 amide bonds. The van der Waals surface area contributed by atoms with E-state index >= 15 is 0 Å². The van der Waals surface area contributed by atoms with E-state index in [9.17, 15) is 4.79 Å². The van der Waals surface area contributed by atoms with Crippen LogP contribution in [0, 0.1) is 0 Å². The van der Waals surface area contributed by atoms with Crippen LogP contribution in [-0.4, -0.2) is 63.9 Å². The molecular formula is C19H34N4O. The lowest BCUT2D eigenvalue weighted by Crippen LogP contribution is -2.61. The van der Waals surface area contributed by atoms with Crippen LogP contribution in [0.5, 0.6) is 0 Å². The first-order valence-corrected chi connectivity index (χ1v) is 9.82. The van der Waals surface area contributed by atoms with Gasteiger partial charge in [-0.3, -0.25) is 14.6 Å². The smallest absolute Gasteiger partial charge is 0.173 e. The molecule has 5 nitrogen and oxygen atoms in total. The lowest BCUT2D eigenvalue weighted by atomic mass is 9.86. The summed E-state index contributed by atoms with van der Waals surface area (Å²) in [5.41, 5.74) is 12.2. The van der Waals surface area contributed by atoms with E-state index in [1.165, 1.54) is 0 Å². The molecule has 4 aliphatic rings. The SMILES string of the molecule is CC1(N)CCN(C2(C(=O)C3(N4CCC(C)(N)CC4)CC3)CC2)CC1. The standard InChI is InChI=1S/C19H34N4O/c1-16(20)7-11-22(12-8-16)18(3-4-18)15(24)19(5-6-19)23-13-9-17(2,21)10-14-23/h3-14,20-21H2,1-2H3. The molecule has 2 saturated carbocycles. The summed E-state index contributed by atoms with van der Waals surface area (Å²) in [6.07, 6.45) is 8.23. The average molecular weight is 335 g/mol. The van der Waals surface area contributed by atoms with Crippen LogP contribution < -0.4 is 11.5 Å². The van der Waals surface area contributed by atoms with Gasteiger partial charge in [0.2, 0.25) is 0 Å². The third-order valence-corrected chi connectivity index (χ3v) is 7.31. The van der Waals surface area contributed by atoms with Gasteiger partial charge in [0.25, 0.3) is 0 Å². The fraction of sp³-hybridized carbons (Fsp3) is 0.947. The van der Waals surface area contributed by atoms with Gasteiger partial charge in [-0.25, -0.2) is 0 Å². The summed E-state index contributed by atoms with van der Waals surface area (Å²) in [4.78, 5) is 18.5. The van der Waals surface area contributed by atoms with Gasteiger partial charge in [0.05, 0.1) is 11.1 Å². The van der Waals surface area contributed by atoms with Crippen LogP contribution in [0.3, 0.4) is 0 Å². The number of carbonyl (C=O) groups is 1. The first-order valence-electron chi connectivity index (χ1n) is 9.82. The molecule has 136 valence electrons. The minimum absolute atomic E-state index is 0.0503. The molecule has 2 heterocycles. The van der Waals surface area contributed by atoms with Gasteiger partial charge in [0.15, 0.2) is 5.78 Å². The zero-order valence-electron chi connectivity index (χ0n) is 15.4. The molecule has 0 spiro atoms. The highest BCUT2D eigenvalue weighted by molar-refractivity contribution is 6.01. The average Bonchev–Trinajstić information content (AvgIpc) is 3.41. The summed E-state index contributed by atoms with van der Waals surface area (Å²) in [5, 5.41) is 0.